The predicted octanol–water partition coefficient (Wildman–Crippen LogP) is 5.61. The maximum atomic E-state index is 14.4. The number of hydrogen-bond donors (Lipinski definition) is 0. The number of ether oxygens (including phenoxy) is 3. The molecular weight excluding hydrogens is 641 g/mol. The highest BCUT2D eigenvalue weighted by molar-refractivity contribution is 7.07. The van der Waals surface area contributed by atoms with E-state index in [4.69, 9.17) is 24.3 Å². The summed E-state index contributed by atoms with van der Waals surface area (Å²) in [6.07, 6.45) is 3.36. The molecular formula is C38H36N4O6S. The zero-order valence-corrected chi connectivity index (χ0v) is 28.9. The van der Waals surface area contributed by atoms with Gasteiger partial charge in [0.2, 0.25) is 0 Å². The van der Waals surface area contributed by atoms with Crippen LogP contribution in [0.4, 0.5) is 0 Å². The second kappa shape index (κ2) is 13.9. The van der Waals surface area contributed by atoms with Crippen LogP contribution < -0.4 is 19.6 Å². The van der Waals surface area contributed by atoms with Gasteiger partial charge in [-0.15, -0.1) is 0 Å². The van der Waals surface area contributed by atoms with Crippen LogP contribution in [0.1, 0.15) is 62.1 Å². The Morgan fingerprint density at radius 3 is 2.22 bits per heavy atom. The van der Waals surface area contributed by atoms with Gasteiger partial charge in [-0.1, -0.05) is 41.7 Å². The fourth-order valence-electron chi connectivity index (χ4n) is 5.63. The van der Waals surface area contributed by atoms with Crippen LogP contribution >= 0.6 is 11.3 Å². The number of carbonyl (C=O) groups excluding carboxylic acids is 2. The van der Waals surface area contributed by atoms with Gasteiger partial charge in [0.05, 0.1) is 52.4 Å². The Labute approximate surface area is 287 Å². The first-order valence-electron chi connectivity index (χ1n) is 15.9. The summed E-state index contributed by atoms with van der Waals surface area (Å²) in [5, 5.41) is 4.93. The summed E-state index contributed by atoms with van der Waals surface area (Å²) in [6.45, 7) is 9.22. The van der Waals surface area contributed by atoms with Crippen molar-refractivity contribution in [2.45, 2.75) is 52.9 Å². The first-order chi connectivity index (χ1) is 23.5. The van der Waals surface area contributed by atoms with E-state index in [1.165, 1.54) is 23.0 Å². The smallest absolute Gasteiger partial charge is 0.338 e. The van der Waals surface area contributed by atoms with E-state index < -0.39 is 18.0 Å². The number of methoxy groups -OCH3 is 1. The van der Waals surface area contributed by atoms with Crippen molar-refractivity contribution in [1.29, 1.82) is 0 Å². The Kier molecular flexibility index (Phi) is 9.46. The third kappa shape index (κ3) is 6.88. The number of rotatable bonds is 9. The van der Waals surface area contributed by atoms with Crippen molar-refractivity contribution in [2.24, 2.45) is 4.99 Å². The molecule has 3 heterocycles. The van der Waals surface area contributed by atoms with Gasteiger partial charge in [0.25, 0.3) is 5.56 Å². The van der Waals surface area contributed by atoms with E-state index in [2.05, 4.69) is 0 Å². The van der Waals surface area contributed by atoms with E-state index in [0.29, 0.717) is 31.9 Å². The number of thiazole rings is 1. The maximum absolute atomic E-state index is 14.4. The monoisotopic (exact) mass is 676 g/mol. The molecule has 0 unspecified atom stereocenters. The van der Waals surface area contributed by atoms with Gasteiger partial charge in [-0.2, -0.15) is 5.10 Å². The number of para-hydroxylation sites is 1. The van der Waals surface area contributed by atoms with Gasteiger partial charge in [-0.3, -0.25) is 9.36 Å². The van der Waals surface area contributed by atoms with Gasteiger partial charge in [-0.05, 0) is 94.8 Å². The number of esters is 2. The topological polar surface area (TPSA) is 114 Å². The average Bonchev–Trinajstić information content (AvgIpc) is 3.64. The molecule has 0 saturated heterocycles. The summed E-state index contributed by atoms with van der Waals surface area (Å²) in [4.78, 5) is 45.2. The van der Waals surface area contributed by atoms with Gasteiger partial charge in [0.1, 0.15) is 11.4 Å². The average molecular weight is 677 g/mol. The van der Waals surface area contributed by atoms with Crippen molar-refractivity contribution in [3.8, 4) is 22.7 Å². The van der Waals surface area contributed by atoms with E-state index in [1.54, 1.807) is 49.7 Å². The van der Waals surface area contributed by atoms with Crippen molar-refractivity contribution >= 4 is 29.4 Å². The van der Waals surface area contributed by atoms with Crippen LogP contribution in [0.15, 0.2) is 106 Å². The van der Waals surface area contributed by atoms with E-state index in [0.717, 1.165) is 22.6 Å². The summed E-state index contributed by atoms with van der Waals surface area (Å²) in [5.41, 5.74) is 4.45. The number of aromatic nitrogens is 3. The first-order valence-corrected chi connectivity index (χ1v) is 16.7. The van der Waals surface area contributed by atoms with Gasteiger partial charge < -0.3 is 14.2 Å². The molecule has 0 N–H and O–H groups in total. The molecule has 0 amide bonds. The second-order valence-electron chi connectivity index (χ2n) is 12.1. The third-order valence-electron chi connectivity index (χ3n) is 7.78. The molecule has 250 valence electrons. The van der Waals surface area contributed by atoms with Gasteiger partial charge in [-0.25, -0.2) is 19.3 Å². The molecule has 0 fully saturated rings. The van der Waals surface area contributed by atoms with Crippen LogP contribution in [0.25, 0.3) is 23.0 Å². The van der Waals surface area contributed by atoms with Crippen LogP contribution in [0.5, 0.6) is 5.75 Å². The maximum Gasteiger partial charge on any atom is 0.338 e. The first kappa shape index (κ1) is 33.4. The normalized spacial score (nSPS) is 14.5. The molecule has 0 bridgehead atoms. The fraction of sp³-hybridized carbons (Fsp3) is 0.237. The van der Waals surface area contributed by atoms with Crippen molar-refractivity contribution < 1.29 is 23.8 Å². The summed E-state index contributed by atoms with van der Waals surface area (Å²) < 4.78 is 20.0. The molecule has 1 aliphatic rings. The fourth-order valence-corrected chi connectivity index (χ4v) is 6.67. The summed E-state index contributed by atoms with van der Waals surface area (Å²) in [5.74, 6) is -0.308. The van der Waals surface area contributed by atoms with Crippen LogP contribution in [0, 0.1) is 0 Å². The Morgan fingerprint density at radius 2 is 1.59 bits per heavy atom. The molecule has 0 aliphatic carbocycles. The molecule has 10 nitrogen and oxygen atoms in total. The number of hydrogen-bond acceptors (Lipinski definition) is 9. The minimum atomic E-state index is -0.837. The minimum absolute atomic E-state index is 0.0377. The molecule has 49 heavy (non-hydrogen) atoms. The van der Waals surface area contributed by atoms with Crippen LogP contribution in [0.3, 0.4) is 0 Å². The van der Waals surface area contributed by atoms with Crippen LogP contribution in [-0.4, -0.2) is 45.6 Å². The number of nitrogens with zero attached hydrogens (tertiary/aromatic N) is 4. The molecule has 2 aromatic heterocycles. The second-order valence-corrected chi connectivity index (χ2v) is 13.1. The Morgan fingerprint density at radius 1 is 0.898 bits per heavy atom. The largest absolute Gasteiger partial charge is 0.491 e. The lowest BCUT2D eigenvalue weighted by molar-refractivity contribution is -0.143. The van der Waals surface area contributed by atoms with E-state index in [1.807, 2.05) is 80.7 Å². The molecule has 11 heteroatoms. The summed E-state index contributed by atoms with van der Waals surface area (Å²) in [6, 6.07) is 23.2. The third-order valence-corrected chi connectivity index (χ3v) is 8.76. The molecule has 3 aromatic carbocycles. The highest BCUT2D eigenvalue weighted by atomic mass is 32.1. The summed E-state index contributed by atoms with van der Waals surface area (Å²) >= 11 is 1.23. The van der Waals surface area contributed by atoms with E-state index in [-0.39, 0.29) is 23.3 Å². The molecule has 0 radical (unpaired) electrons. The van der Waals surface area contributed by atoms with Gasteiger partial charge in [0, 0.05) is 17.3 Å². The highest BCUT2D eigenvalue weighted by Gasteiger charge is 2.34. The van der Waals surface area contributed by atoms with Crippen molar-refractivity contribution in [3.05, 3.63) is 133 Å². The van der Waals surface area contributed by atoms with Crippen LogP contribution in [0.2, 0.25) is 0 Å². The number of allylic oxidation sites excluding steroid dienone is 1. The van der Waals surface area contributed by atoms with Crippen LogP contribution in [-0.2, 0) is 14.3 Å². The van der Waals surface area contributed by atoms with Gasteiger partial charge in [0.15, 0.2) is 4.80 Å². The van der Waals surface area contributed by atoms with Crippen molar-refractivity contribution in [2.75, 3.05) is 7.11 Å². The Bertz CT molecular complexity index is 2230. The minimum Gasteiger partial charge on any atom is -0.491 e. The lowest BCUT2D eigenvalue weighted by atomic mass is 9.95. The quantitative estimate of drug-likeness (QED) is 0.187. The molecule has 0 spiro atoms. The molecule has 6 rings (SSSR count). The standard InChI is InChI=1S/C38H36N4O6S/c1-22(2)47-30-18-16-25(17-19-30)33-28(21-41(40-33)29-10-8-7-9-11-29)20-31-35(43)42-34(26-12-14-27(15-13-26)36(44)46-6)32(37(45)48-23(3)4)24(5)39-38(42)49-31/h7-23,34H,1-6H3/b31-20-/t34-/m1/s1. The lowest BCUT2D eigenvalue weighted by Crippen LogP contribution is -2.40. The van der Waals surface area contributed by atoms with Gasteiger partial charge >= 0.3 is 11.9 Å². The molecule has 1 atom stereocenters. The Balaban J connectivity index is 1.52. The Hall–Kier alpha value is -5.55. The zero-order chi connectivity index (χ0) is 34.8. The van der Waals surface area contributed by atoms with E-state index in [9.17, 15) is 14.4 Å². The van der Waals surface area contributed by atoms with E-state index >= 15 is 0 Å². The predicted molar refractivity (Wildman–Crippen MR) is 188 cm³/mol. The molecule has 1 aliphatic heterocycles. The number of benzene rings is 3. The number of carbonyl (C=O) groups is 2. The molecule has 5 aromatic rings. The number of fused-ring (bicyclic) bond motifs is 1. The zero-order valence-electron chi connectivity index (χ0n) is 28.0. The van der Waals surface area contributed by atoms with Crippen molar-refractivity contribution in [3.63, 3.8) is 0 Å². The molecule has 0 saturated carbocycles. The summed E-state index contributed by atoms with van der Waals surface area (Å²) in [7, 11) is 1.31. The lowest BCUT2D eigenvalue weighted by Gasteiger charge is -2.25. The van der Waals surface area contributed by atoms with Crippen molar-refractivity contribution in [1.82, 2.24) is 14.3 Å². The highest BCUT2D eigenvalue weighted by Crippen LogP contribution is 2.32. The SMILES string of the molecule is COC(=O)c1ccc([C@@H]2C(C(=O)OC(C)C)=C(C)N=c3s/c(=C\c4cn(-c5ccccc5)nc4-c4ccc(OC(C)C)cc4)c(=O)n32)cc1.